The molecule has 0 aliphatic heterocycles. The molecule has 0 saturated heterocycles. The molecule has 0 aromatic carbocycles. The summed E-state index contributed by atoms with van der Waals surface area (Å²) < 4.78 is 0. The van der Waals surface area contributed by atoms with Crippen molar-refractivity contribution in [1.29, 1.82) is 0 Å². The molecule has 0 fully saturated rings. The molecule has 1 aromatic rings. The number of carbonyl (C=O) groups is 3. The molecule has 2 amide bonds. The van der Waals surface area contributed by atoms with Crippen LogP contribution in [0.25, 0.3) is 0 Å². The van der Waals surface area contributed by atoms with E-state index in [1.165, 1.54) is 25.4 Å². The number of hydrogen-bond acceptors (Lipinski definition) is 5. The Morgan fingerprint density at radius 2 is 2.15 bits per heavy atom. The summed E-state index contributed by atoms with van der Waals surface area (Å²) in [4.78, 5) is 37.5. The maximum Gasteiger partial charge on any atom is 0.337 e. The summed E-state index contributed by atoms with van der Waals surface area (Å²) >= 11 is 0. The zero-order chi connectivity index (χ0) is 15.1. The van der Waals surface area contributed by atoms with E-state index in [2.05, 4.69) is 15.6 Å². The Labute approximate surface area is 115 Å². The highest BCUT2D eigenvalue weighted by Crippen LogP contribution is 2.13. The van der Waals surface area contributed by atoms with Gasteiger partial charge in [0.2, 0.25) is 11.8 Å². The van der Waals surface area contributed by atoms with E-state index >= 15 is 0 Å². The number of carboxylic acid groups (broad SMARTS) is 1. The predicted molar refractivity (Wildman–Crippen MR) is 71.1 cm³/mol. The second kappa shape index (κ2) is 7.19. The monoisotopic (exact) mass is 280 g/mol. The molecule has 0 saturated carbocycles. The number of hydrogen-bond donors (Lipinski definition) is 4. The van der Waals surface area contributed by atoms with Crippen LogP contribution in [0.4, 0.5) is 5.69 Å². The lowest BCUT2D eigenvalue weighted by molar-refractivity contribution is -0.122. The van der Waals surface area contributed by atoms with E-state index in [1.807, 2.05) is 0 Å². The second-order valence-electron chi connectivity index (χ2n) is 4.10. The van der Waals surface area contributed by atoms with Gasteiger partial charge in [0.1, 0.15) is 0 Å². The molecule has 8 nitrogen and oxygen atoms in total. The number of nitrogens with two attached hydrogens (primary N) is 1. The van der Waals surface area contributed by atoms with Gasteiger partial charge >= 0.3 is 5.97 Å². The molecule has 0 radical (unpaired) electrons. The number of nitrogens with one attached hydrogen (secondary N) is 2. The molecule has 0 spiro atoms. The number of carboxylic acids is 1. The average Bonchev–Trinajstić information content (AvgIpc) is 2.38. The lowest BCUT2D eigenvalue weighted by Crippen LogP contribution is -2.39. The third kappa shape index (κ3) is 4.65. The SMILES string of the molecule is C[C@H](N)C(=O)NCCC(=O)Nc1cnccc1C(=O)O. The lowest BCUT2D eigenvalue weighted by Gasteiger charge is -2.09. The summed E-state index contributed by atoms with van der Waals surface area (Å²) in [5.41, 5.74) is 5.41. The molecule has 0 unspecified atom stereocenters. The zero-order valence-electron chi connectivity index (χ0n) is 10.9. The molecule has 0 aliphatic rings. The van der Waals surface area contributed by atoms with E-state index in [-0.39, 0.29) is 30.1 Å². The Hall–Kier alpha value is -2.48. The van der Waals surface area contributed by atoms with Crippen molar-refractivity contribution in [3.63, 3.8) is 0 Å². The number of carbonyl (C=O) groups excluding carboxylic acids is 2. The number of pyridine rings is 1. The highest BCUT2D eigenvalue weighted by molar-refractivity contribution is 6.00. The Morgan fingerprint density at radius 1 is 1.45 bits per heavy atom. The van der Waals surface area contributed by atoms with Gasteiger partial charge in [-0.25, -0.2) is 4.79 Å². The summed E-state index contributed by atoms with van der Waals surface area (Å²) in [5, 5.41) is 13.8. The first-order chi connectivity index (χ1) is 9.41. The van der Waals surface area contributed by atoms with E-state index in [9.17, 15) is 14.4 Å². The van der Waals surface area contributed by atoms with E-state index < -0.39 is 17.9 Å². The van der Waals surface area contributed by atoms with Gasteiger partial charge < -0.3 is 21.5 Å². The van der Waals surface area contributed by atoms with Gasteiger partial charge in [-0.05, 0) is 13.0 Å². The predicted octanol–water partition coefficient (Wildman–Crippen LogP) is -0.428. The van der Waals surface area contributed by atoms with Crippen molar-refractivity contribution >= 4 is 23.5 Å². The van der Waals surface area contributed by atoms with Crippen LogP contribution in [0, 0.1) is 0 Å². The van der Waals surface area contributed by atoms with Crippen molar-refractivity contribution < 1.29 is 19.5 Å². The van der Waals surface area contributed by atoms with Crippen LogP contribution in [0.2, 0.25) is 0 Å². The number of nitrogens with zero attached hydrogens (tertiary/aromatic N) is 1. The van der Waals surface area contributed by atoms with Crippen molar-refractivity contribution in [3.05, 3.63) is 24.0 Å². The Balaban J connectivity index is 2.51. The van der Waals surface area contributed by atoms with Gasteiger partial charge in [0.05, 0.1) is 23.5 Å². The smallest absolute Gasteiger partial charge is 0.337 e. The molecule has 1 rings (SSSR count). The molecule has 5 N–H and O–H groups in total. The zero-order valence-corrected chi connectivity index (χ0v) is 10.9. The van der Waals surface area contributed by atoms with Gasteiger partial charge in [-0.1, -0.05) is 0 Å². The largest absolute Gasteiger partial charge is 0.478 e. The lowest BCUT2D eigenvalue weighted by atomic mass is 10.2. The van der Waals surface area contributed by atoms with E-state index in [4.69, 9.17) is 10.8 Å². The second-order valence-corrected chi connectivity index (χ2v) is 4.10. The Bertz CT molecular complexity index is 516. The van der Waals surface area contributed by atoms with Gasteiger partial charge in [0.15, 0.2) is 0 Å². The molecular weight excluding hydrogens is 264 g/mol. The molecule has 1 aromatic heterocycles. The molecule has 1 atom stereocenters. The summed E-state index contributed by atoms with van der Waals surface area (Å²) in [6.07, 6.45) is 2.58. The van der Waals surface area contributed by atoms with Crippen LogP contribution in [0.15, 0.2) is 18.5 Å². The molecule has 108 valence electrons. The fourth-order valence-corrected chi connectivity index (χ4v) is 1.35. The van der Waals surface area contributed by atoms with E-state index in [1.54, 1.807) is 0 Å². The normalized spacial score (nSPS) is 11.5. The van der Waals surface area contributed by atoms with Gasteiger partial charge in [-0.3, -0.25) is 14.6 Å². The van der Waals surface area contributed by atoms with Crippen molar-refractivity contribution in [2.75, 3.05) is 11.9 Å². The van der Waals surface area contributed by atoms with Gasteiger partial charge in [0, 0.05) is 19.2 Å². The first-order valence-electron chi connectivity index (χ1n) is 5.92. The molecule has 0 bridgehead atoms. The summed E-state index contributed by atoms with van der Waals surface area (Å²) in [7, 11) is 0. The maximum atomic E-state index is 11.6. The van der Waals surface area contributed by atoms with Crippen LogP contribution in [0.3, 0.4) is 0 Å². The fourth-order valence-electron chi connectivity index (χ4n) is 1.35. The third-order valence-electron chi connectivity index (χ3n) is 2.39. The highest BCUT2D eigenvalue weighted by atomic mass is 16.4. The minimum absolute atomic E-state index is 0.00636. The number of anilines is 1. The first kappa shape index (κ1) is 15.6. The van der Waals surface area contributed by atoms with E-state index in [0.717, 1.165) is 0 Å². The van der Waals surface area contributed by atoms with Crippen LogP contribution in [-0.4, -0.2) is 40.5 Å². The third-order valence-corrected chi connectivity index (χ3v) is 2.39. The number of aromatic nitrogens is 1. The van der Waals surface area contributed by atoms with Gasteiger partial charge in [-0.2, -0.15) is 0 Å². The Morgan fingerprint density at radius 3 is 2.75 bits per heavy atom. The van der Waals surface area contributed by atoms with Crippen LogP contribution < -0.4 is 16.4 Å². The molecule has 1 heterocycles. The summed E-state index contributed by atoms with van der Waals surface area (Å²) in [6, 6.07) is 0.644. The number of aromatic carboxylic acids is 1. The van der Waals surface area contributed by atoms with Gasteiger partial charge in [0.25, 0.3) is 0 Å². The van der Waals surface area contributed by atoms with Crippen LogP contribution in [0.5, 0.6) is 0 Å². The fraction of sp³-hybridized carbons (Fsp3) is 0.333. The Kier molecular flexibility index (Phi) is 5.60. The number of rotatable bonds is 6. The first-order valence-corrected chi connectivity index (χ1v) is 5.92. The minimum Gasteiger partial charge on any atom is -0.478 e. The summed E-state index contributed by atoms with van der Waals surface area (Å²) in [5.74, 6) is -1.94. The highest BCUT2D eigenvalue weighted by Gasteiger charge is 2.12. The maximum absolute atomic E-state index is 11.6. The quantitative estimate of drug-likeness (QED) is 0.558. The molecule has 20 heavy (non-hydrogen) atoms. The van der Waals surface area contributed by atoms with Crippen molar-refractivity contribution in [2.24, 2.45) is 5.73 Å². The average molecular weight is 280 g/mol. The van der Waals surface area contributed by atoms with E-state index in [0.29, 0.717) is 0 Å². The van der Waals surface area contributed by atoms with Crippen LogP contribution >= 0.6 is 0 Å². The van der Waals surface area contributed by atoms with Crippen molar-refractivity contribution in [1.82, 2.24) is 10.3 Å². The van der Waals surface area contributed by atoms with Crippen LogP contribution in [-0.2, 0) is 9.59 Å². The van der Waals surface area contributed by atoms with Crippen molar-refractivity contribution in [2.45, 2.75) is 19.4 Å². The van der Waals surface area contributed by atoms with Crippen LogP contribution in [0.1, 0.15) is 23.7 Å². The molecule has 8 heteroatoms. The standard InChI is InChI=1S/C12H16N4O4/c1-7(13)11(18)15-5-3-10(17)16-9-6-14-4-2-8(9)12(19)20/h2,4,6-7H,3,5,13H2,1H3,(H,15,18)(H,16,17)(H,19,20)/t7-/m0/s1. The van der Waals surface area contributed by atoms with Crippen molar-refractivity contribution in [3.8, 4) is 0 Å². The molecular formula is C12H16N4O4. The molecule has 0 aliphatic carbocycles. The summed E-state index contributed by atoms with van der Waals surface area (Å²) in [6.45, 7) is 1.65. The topological polar surface area (TPSA) is 134 Å². The van der Waals surface area contributed by atoms with Gasteiger partial charge in [-0.15, -0.1) is 0 Å². The minimum atomic E-state index is -1.16. The number of amides is 2.